The van der Waals surface area contributed by atoms with Crippen molar-refractivity contribution in [3.8, 4) is 5.75 Å². The molecule has 0 atom stereocenters. The molecule has 0 amide bonds. The van der Waals surface area contributed by atoms with Gasteiger partial charge in [0.2, 0.25) is 0 Å². The number of ether oxygens (including phenoxy) is 1. The minimum absolute atomic E-state index is 0.712. The van der Waals surface area contributed by atoms with E-state index >= 15 is 0 Å². The van der Waals surface area contributed by atoms with Crippen LogP contribution < -0.4 is 15.4 Å². The number of thioether (sulfide) groups is 1. The predicted octanol–water partition coefficient (Wildman–Crippen LogP) is 3.38. The van der Waals surface area contributed by atoms with Gasteiger partial charge in [-0.2, -0.15) is 11.8 Å². The third kappa shape index (κ3) is 8.16. The number of hydrogen-bond acceptors (Lipinski definition) is 3. The van der Waals surface area contributed by atoms with Crippen LogP contribution in [0.5, 0.6) is 5.75 Å². The molecule has 0 aliphatic carbocycles. The Labute approximate surface area is 145 Å². The van der Waals surface area contributed by atoms with Crippen molar-refractivity contribution in [2.45, 2.75) is 33.1 Å². The zero-order valence-corrected chi connectivity index (χ0v) is 15.8. The Morgan fingerprint density at radius 2 is 1.74 bits per heavy atom. The lowest BCUT2D eigenvalue weighted by Crippen LogP contribution is -2.38. The molecule has 0 aliphatic rings. The van der Waals surface area contributed by atoms with E-state index in [0.717, 1.165) is 31.2 Å². The lowest BCUT2D eigenvalue weighted by Gasteiger charge is -2.14. The van der Waals surface area contributed by atoms with Crippen molar-refractivity contribution in [3.05, 3.63) is 29.3 Å². The molecule has 23 heavy (non-hydrogen) atoms. The summed E-state index contributed by atoms with van der Waals surface area (Å²) in [4.78, 5) is 4.24. The van der Waals surface area contributed by atoms with Crippen LogP contribution in [-0.4, -0.2) is 44.7 Å². The van der Waals surface area contributed by atoms with Crippen LogP contribution in [-0.2, 0) is 0 Å². The molecule has 0 spiro atoms. The highest BCUT2D eigenvalue weighted by Gasteiger charge is 2.03. The van der Waals surface area contributed by atoms with Gasteiger partial charge in [-0.05, 0) is 56.2 Å². The van der Waals surface area contributed by atoms with Crippen molar-refractivity contribution >= 4 is 17.7 Å². The molecule has 0 bridgehead atoms. The summed E-state index contributed by atoms with van der Waals surface area (Å²) in [5.41, 5.74) is 2.39. The number of hydrogen-bond donors (Lipinski definition) is 2. The summed E-state index contributed by atoms with van der Waals surface area (Å²) in [5.74, 6) is 3.12. The van der Waals surface area contributed by atoms with Gasteiger partial charge in [-0.1, -0.05) is 18.2 Å². The molecule has 0 aliphatic heterocycles. The van der Waals surface area contributed by atoms with Crippen LogP contribution in [0.1, 0.15) is 30.4 Å². The summed E-state index contributed by atoms with van der Waals surface area (Å²) < 4.78 is 5.91. The first-order chi connectivity index (χ1) is 11.2. The van der Waals surface area contributed by atoms with E-state index in [2.05, 4.69) is 53.9 Å². The van der Waals surface area contributed by atoms with E-state index in [1.165, 1.54) is 29.7 Å². The highest BCUT2D eigenvalue weighted by atomic mass is 32.2. The molecule has 1 aromatic carbocycles. The minimum Gasteiger partial charge on any atom is -0.493 e. The van der Waals surface area contributed by atoms with E-state index in [-0.39, 0.29) is 0 Å². The van der Waals surface area contributed by atoms with Crippen LogP contribution in [0.15, 0.2) is 23.2 Å². The summed E-state index contributed by atoms with van der Waals surface area (Å²) in [5, 5.41) is 6.67. The summed E-state index contributed by atoms with van der Waals surface area (Å²) in [6.45, 7) is 6.71. The van der Waals surface area contributed by atoms with Crippen molar-refractivity contribution in [1.82, 2.24) is 10.6 Å². The number of guanidine groups is 1. The van der Waals surface area contributed by atoms with Gasteiger partial charge < -0.3 is 15.4 Å². The third-order valence-electron chi connectivity index (χ3n) is 3.56. The summed E-state index contributed by atoms with van der Waals surface area (Å²) >= 11 is 1.90. The molecular formula is C18H31N3OS. The summed E-state index contributed by atoms with van der Waals surface area (Å²) in [6.07, 6.45) is 5.52. The van der Waals surface area contributed by atoms with Crippen LogP contribution in [0, 0.1) is 13.8 Å². The molecule has 2 N–H and O–H groups in total. The Hall–Kier alpha value is -1.36. The standard InChI is InChI=1S/C18H31N3OS/c1-15-9-7-10-16(2)17(15)22-13-8-12-21-18(19-3)20-11-5-6-14-23-4/h7,9-10H,5-6,8,11-14H2,1-4H3,(H2,19,20,21). The monoisotopic (exact) mass is 337 g/mol. The average Bonchev–Trinajstić information content (AvgIpc) is 2.54. The first-order valence-electron chi connectivity index (χ1n) is 8.31. The van der Waals surface area contributed by atoms with E-state index in [9.17, 15) is 0 Å². The van der Waals surface area contributed by atoms with Gasteiger partial charge in [0.05, 0.1) is 6.61 Å². The minimum atomic E-state index is 0.712. The Bertz CT molecular complexity index is 457. The molecule has 0 radical (unpaired) electrons. The van der Waals surface area contributed by atoms with Crippen LogP contribution >= 0.6 is 11.8 Å². The number of aliphatic imine (C=N–C) groups is 1. The molecule has 1 aromatic rings. The fourth-order valence-electron chi connectivity index (χ4n) is 2.28. The molecule has 0 aromatic heterocycles. The van der Waals surface area contributed by atoms with Gasteiger partial charge in [-0.3, -0.25) is 4.99 Å². The van der Waals surface area contributed by atoms with Crippen LogP contribution in [0.2, 0.25) is 0 Å². The maximum atomic E-state index is 5.91. The van der Waals surface area contributed by atoms with Crippen molar-refractivity contribution in [2.24, 2.45) is 4.99 Å². The highest BCUT2D eigenvalue weighted by Crippen LogP contribution is 2.22. The smallest absolute Gasteiger partial charge is 0.190 e. The van der Waals surface area contributed by atoms with Crippen molar-refractivity contribution in [3.63, 3.8) is 0 Å². The Morgan fingerprint density at radius 1 is 1.09 bits per heavy atom. The highest BCUT2D eigenvalue weighted by molar-refractivity contribution is 7.98. The van der Waals surface area contributed by atoms with Gasteiger partial charge in [0, 0.05) is 20.1 Å². The van der Waals surface area contributed by atoms with Crippen molar-refractivity contribution in [1.29, 1.82) is 0 Å². The zero-order valence-electron chi connectivity index (χ0n) is 14.9. The van der Waals surface area contributed by atoms with Gasteiger partial charge in [0.1, 0.15) is 5.75 Å². The molecule has 5 heteroatoms. The lowest BCUT2D eigenvalue weighted by atomic mass is 10.1. The Balaban J connectivity index is 2.15. The maximum Gasteiger partial charge on any atom is 0.190 e. The normalized spacial score (nSPS) is 11.4. The number of aryl methyl sites for hydroxylation is 2. The fraction of sp³-hybridized carbons (Fsp3) is 0.611. The number of nitrogens with one attached hydrogen (secondary N) is 2. The zero-order chi connectivity index (χ0) is 16.9. The Kier molecular flexibility index (Phi) is 10.4. The molecule has 0 heterocycles. The van der Waals surface area contributed by atoms with E-state index in [1.54, 1.807) is 0 Å². The third-order valence-corrected chi connectivity index (χ3v) is 4.26. The molecule has 4 nitrogen and oxygen atoms in total. The topological polar surface area (TPSA) is 45.7 Å². The van der Waals surface area contributed by atoms with Crippen LogP contribution in [0.4, 0.5) is 0 Å². The van der Waals surface area contributed by atoms with E-state index in [4.69, 9.17) is 4.74 Å². The van der Waals surface area contributed by atoms with E-state index in [1.807, 2.05) is 18.8 Å². The lowest BCUT2D eigenvalue weighted by molar-refractivity contribution is 0.307. The first kappa shape index (κ1) is 19.7. The largest absolute Gasteiger partial charge is 0.493 e. The van der Waals surface area contributed by atoms with Crippen LogP contribution in [0.3, 0.4) is 0 Å². The van der Waals surface area contributed by atoms with Gasteiger partial charge in [-0.15, -0.1) is 0 Å². The summed E-state index contributed by atoms with van der Waals surface area (Å²) in [6, 6.07) is 6.24. The van der Waals surface area contributed by atoms with Crippen molar-refractivity contribution < 1.29 is 4.74 Å². The molecule has 0 saturated carbocycles. The molecule has 0 saturated heterocycles. The first-order valence-corrected chi connectivity index (χ1v) is 9.71. The maximum absolute atomic E-state index is 5.91. The molecule has 0 fully saturated rings. The van der Waals surface area contributed by atoms with E-state index in [0.29, 0.717) is 6.61 Å². The SMILES string of the molecule is CN=C(NCCCCSC)NCCCOc1c(C)cccc1C. The quantitative estimate of drug-likeness (QED) is 0.390. The molecular weight excluding hydrogens is 306 g/mol. The molecule has 130 valence electrons. The van der Waals surface area contributed by atoms with Gasteiger partial charge >= 0.3 is 0 Å². The average molecular weight is 338 g/mol. The number of unbranched alkanes of at least 4 members (excludes halogenated alkanes) is 1. The van der Waals surface area contributed by atoms with Crippen molar-refractivity contribution in [2.75, 3.05) is 38.8 Å². The second kappa shape index (κ2) is 12.1. The molecule has 1 rings (SSSR count). The number of para-hydroxylation sites is 1. The van der Waals surface area contributed by atoms with Gasteiger partial charge in [0.25, 0.3) is 0 Å². The second-order valence-electron chi connectivity index (χ2n) is 5.55. The molecule has 0 unspecified atom stereocenters. The number of rotatable bonds is 10. The van der Waals surface area contributed by atoms with E-state index < -0.39 is 0 Å². The van der Waals surface area contributed by atoms with Crippen LogP contribution in [0.25, 0.3) is 0 Å². The number of benzene rings is 1. The Morgan fingerprint density at radius 3 is 2.35 bits per heavy atom. The second-order valence-corrected chi connectivity index (χ2v) is 6.53. The predicted molar refractivity (Wildman–Crippen MR) is 103 cm³/mol. The fourth-order valence-corrected chi connectivity index (χ4v) is 2.77. The number of nitrogens with zero attached hydrogens (tertiary/aromatic N) is 1. The summed E-state index contributed by atoms with van der Waals surface area (Å²) in [7, 11) is 1.81. The van der Waals surface area contributed by atoms with Gasteiger partial charge in [-0.25, -0.2) is 0 Å². The van der Waals surface area contributed by atoms with Gasteiger partial charge in [0.15, 0.2) is 5.96 Å².